The predicted octanol–water partition coefficient (Wildman–Crippen LogP) is 3.47. The number of hydrogen-bond acceptors (Lipinski definition) is 4. The Bertz CT molecular complexity index is 975. The van der Waals surface area contributed by atoms with E-state index in [0.717, 1.165) is 37.5 Å². The van der Waals surface area contributed by atoms with Gasteiger partial charge in [0.2, 0.25) is 0 Å². The van der Waals surface area contributed by atoms with Gasteiger partial charge in [-0.05, 0) is 36.1 Å². The lowest BCUT2D eigenvalue weighted by molar-refractivity contribution is 0.227. The van der Waals surface area contributed by atoms with Crippen LogP contribution in [0.15, 0.2) is 58.5 Å². The summed E-state index contributed by atoms with van der Waals surface area (Å²) in [6.45, 7) is 1.87. The summed E-state index contributed by atoms with van der Waals surface area (Å²) < 4.78 is 0. The van der Waals surface area contributed by atoms with Gasteiger partial charge in [-0.15, -0.1) is 0 Å². The number of likely N-dealkylation sites (N-methyl/N-ethyl adjacent to an activating group) is 1. The first-order valence-electron chi connectivity index (χ1n) is 9.09. The second-order valence-electron chi connectivity index (χ2n) is 7.59. The van der Waals surface area contributed by atoms with E-state index in [2.05, 4.69) is 65.8 Å². The number of anilines is 1. The van der Waals surface area contributed by atoms with E-state index in [1.165, 1.54) is 22.6 Å². The van der Waals surface area contributed by atoms with Gasteiger partial charge in [-0.3, -0.25) is 4.99 Å². The number of piperidine rings is 1. The molecule has 1 fully saturated rings. The molecular formula is C21H20N4. The largest absolute Gasteiger partial charge is 0.362 e. The van der Waals surface area contributed by atoms with Crippen LogP contribution in [-0.2, 0) is 10.8 Å². The minimum atomic E-state index is -0.111. The van der Waals surface area contributed by atoms with Gasteiger partial charge >= 0.3 is 0 Å². The first-order valence-corrected chi connectivity index (χ1v) is 9.09. The first-order chi connectivity index (χ1) is 12.3. The minimum Gasteiger partial charge on any atom is -0.362 e. The molecule has 2 aromatic carbocycles. The smallest absolute Gasteiger partial charge is 0.117 e. The fraction of sp³-hybridized carbons (Fsp3) is 0.333. The minimum absolute atomic E-state index is 0.104. The SMILES string of the molecule is CN1CC[C@@]23C4=NCC[C@]2(C1=Nc1ccccc13)c1ccccc1N4. The molecule has 0 unspecified atom stereocenters. The van der Waals surface area contributed by atoms with Crippen molar-refractivity contribution in [3.05, 3.63) is 59.7 Å². The molecule has 0 aliphatic carbocycles. The van der Waals surface area contributed by atoms with Gasteiger partial charge in [-0.25, -0.2) is 4.99 Å². The van der Waals surface area contributed by atoms with E-state index < -0.39 is 0 Å². The third-order valence-electron chi connectivity index (χ3n) is 6.69. The Morgan fingerprint density at radius 3 is 2.68 bits per heavy atom. The second kappa shape index (κ2) is 4.31. The average Bonchev–Trinajstić information content (AvgIpc) is 2.64. The lowest BCUT2D eigenvalue weighted by atomic mass is 9.47. The summed E-state index contributed by atoms with van der Waals surface area (Å²) in [5.74, 6) is 2.37. The molecule has 0 spiro atoms. The van der Waals surface area contributed by atoms with E-state index in [4.69, 9.17) is 9.98 Å². The molecule has 0 aromatic heterocycles. The maximum Gasteiger partial charge on any atom is 0.117 e. The quantitative estimate of drug-likeness (QED) is 0.804. The van der Waals surface area contributed by atoms with Crippen molar-refractivity contribution < 1.29 is 0 Å². The lowest BCUT2D eigenvalue weighted by Gasteiger charge is -2.63. The topological polar surface area (TPSA) is 40.0 Å². The Labute approximate surface area is 147 Å². The monoisotopic (exact) mass is 328 g/mol. The number of nitrogens with one attached hydrogen (secondary N) is 1. The standard InChI is InChI=1S/C21H20N4/c1-25-13-11-20-14-6-2-5-9-17(14)24-19(25)21(20)10-12-22-18(20)23-16-8-4-3-7-15(16)21/h2-9H,10-13H2,1H3,(H,22,23)/t20-,21-/m1/s1. The molecule has 1 saturated heterocycles. The first kappa shape index (κ1) is 13.6. The van der Waals surface area contributed by atoms with Crippen molar-refractivity contribution in [3.63, 3.8) is 0 Å². The molecule has 6 rings (SSSR count). The number of aliphatic imine (C=N–C) groups is 2. The molecule has 4 aliphatic rings. The summed E-state index contributed by atoms with van der Waals surface area (Å²) >= 11 is 0. The van der Waals surface area contributed by atoms with Crippen LogP contribution in [0.1, 0.15) is 24.0 Å². The third kappa shape index (κ3) is 1.34. The molecule has 4 heterocycles. The van der Waals surface area contributed by atoms with Crippen molar-refractivity contribution in [1.29, 1.82) is 0 Å². The van der Waals surface area contributed by atoms with Gasteiger partial charge in [-0.2, -0.15) is 0 Å². The molecule has 25 heavy (non-hydrogen) atoms. The highest BCUT2D eigenvalue weighted by Gasteiger charge is 2.67. The molecule has 2 atom stereocenters. The van der Waals surface area contributed by atoms with Crippen LogP contribution >= 0.6 is 0 Å². The summed E-state index contributed by atoms with van der Waals surface area (Å²) in [6.07, 6.45) is 2.09. The van der Waals surface area contributed by atoms with Crippen LogP contribution < -0.4 is 5.32 Å². The number of nitrogens with zero attached hydrogens (tertiary/aromatic N) is 3. The molecule has 4 nitrogen and oxygen atoms in total. The number of likely N-dealkylation sites (tertiary alicyclic amines) is 1. The van der Waals surface area contributed by atoms with Crippen molar-refractivity contribution in [3.8, 4) is 0 Å². The van der Waals surface area contributed by atoms with Gasteiger partial charge in [0.05, 0.1) is 16.5 Å². The van der Waals surface area contributed by atoms with Crippen molar-refractivity contribution >= 4 is 23.0 Å². The Hall–Kier alpha value is -2.62. The molecular weight excluding hydrogens is 308 g/mol. The molecule has 2 aromatic rings. The maximum absolute atomic E-state index is 5.20. The fourth-order valence-electron chi connectivity index (χ4n) is 5.73. The molecule has 4 bridgehead atoms. The number of para-hydroxylation sites is 2. The van der Waals surface area contributed by atoms with Crippen LogP contribution in [0.5, 0.6) is 0 Å². The van der Waals surface area contributed by atoms with Gasteiger partial charge in [0, 0.05) is 25.8 Å². The molecule has 0 amide bonds. The maximum atomic E-state index is 5.20. The second-order valence-corrected chi connectivity index (χ2v) is 7.59. The number of benzene rings is 2. The lowest BCUT2D eigenvalue weighted by Crippen LogP contribution is -2.72. The highest BCUT2D eigenvalue weighted by atomic mass is 15.2. The highest BCUT2D eigenvalue weighted by Crippen LogP contribution is 2.62. The zero-order valence-electron chi connectivity index (χ0n) is 14.3. The Balaban J connectivity index is 1.81. The highest BCUT2D eigenvalue weighted by molar-refractivity contribution is 6.18. The summed E-state index contributed by atoms with van der Waals surface area (Å²) in [4.78, 5) is 12.6. The van der Waals surface area contributed by atoms with E-state index >= 15 is 0 Å². The fourth-order valence-corrected chi connectivity index (χ4v) is 5.73. The van der Waals surface area contributed by atoms with Crippen LogP contribution in [0.3, 0.4) is 0 Å². The van der Waals surface area contributed by atoms with Crippen LogP contribution in [0, 0.1) is 0 Å². The van der Waals surface area contributed by atoms with Crippen LogP contribution in [0.2, 0.25) is 0 Å². The normalized spacial score (nSPS) is 31.0. The Morgan fingerprint density at radius 1 is 0.960 bits per heavy atom. The van der Waals surface area contributed by atoms with Gasteiger partial charge in [0.1, 0.15) is 11.7 Å². The van der Waals surface area contributed by atoms with Crippen molar-refractivity contribution in [2.45, 2.75) is 23.7 Å². The van der Waals surface area contributed by atoms with E-state index in [9.17, 15) is 0 Å². The predicted molar refractivity (Wildman–Crippen MR) is 101 cm³/mol. The van der Waals surface area contributed by atoms with Crippen molar-refractivity contribution in [2.24, 2.45) is 9.98 Å². The molecule has 124 valence electrons. The van der Waals surface area contributed by atoms with E-state index in [0.29, 0.717) is 0 Å². The van der Waals surface area contributed by atoms with Crippen LogP contribution in [-0.4, -0.2) is 36.7 Å². The molecule has 4 heteroatoms. The number of amidine groups is 2. The van der Waals surface area contributed by atoms with Crippen molar-refractivity contribution in [2.75, 3.05) is 25.5 Å². The van der Waals surface area contributed by atoms with Crippen molar-refractivity contribution in [1.82, 2.24) is 4.90 Å². The zero-order chi connectivity index (χ0) is 16.6. The number of rotatable bonds is 0. The van der Waals surface area contributed by atoms with Gasteiger partial charge in [0.25, 0.3) is 0 Å². The molecule has 0 radical (unpaired) electrons. The number of fused-ring (bicyclic) bond motifs is 2. The van der Waals surface area contributed by atoms with Gasteiger partial charge in [0.15, 0.2) is 0 Å². The Morgan fingerprint density at radius 2 is 1.76 bits per heavy atom. The van der Waals surface area contributed by atoms with Crippen LogP contribution in [0.25, 0.3) is 0 Å². The molecule has 1 N–H and O–H groups in total. The van der Waals surface area contributed by atoms with Gasteiger partial charge in [-0.1, -0.05) is 36.4 Å². The summed E-state index contributed by atoms with van der Waals surface area (Å²) in [6, 6.07) is 17.4. The average molecular weight is 328 g/mol. The zero-order valence-corrected chi connectivity index (χ0v) is 14.3. The third-order valence-corrected chi connectivity index (χ3v) is 6.69. The van der Waals surface area contributed by atoms with E-state index in [1.54, 1.807) is 0 Å². The summed E-state index contributed by atoms with van der Waals surface area (Å²) in [7, 11) is 2.20. The van der Waals surface area contributed by atoms with E-state index in [1.807, 2.05) is 0 Å². The summed E-state index contributed by atoms with van der Waals surface area (Å²) in [5.41, 5.74) is 4.81. The Kier molecular flexibility index (Phi) is 2.35. The van der Waals surface area contributed by atoms with E-state index in [-0.39, 0.29) is 10.8 Å². The molecule has 0 saturated carbocycles. The number of hydrogen-bond donors (Lipinski definition) is 1. The molecule has 4 aliphatic heterocycles. The van der Waals surface area contributed by atoms with Gasteiger partial charge < -0.3 is 10.2 Å². The summed E-state index contributed by atoms with van der Waals surface area (Å²) in [5, 5.41) is 3.70. The van der Waals surface area contributed by atoms with Crippen LogP contribution in [0.4, 0.5) is 11.4 Å².